The van der Waals surface area contributed by atoms with Crippen molar-refractivity contribution in [3.05, 3.63) is 23.8 Å². The van der Waals surface area contributed by atoms with Gasteiger partial charge in [0.15, 0.2) is 0 Å². The molecule has 1 aromatic carbocycles. The van der Waals surface area contributed by atoms with Crippen molar-refractivity contribution in [3.63, 3.8) is 0 Å². The van der Waals surface area contributed by atoms with Gasteiger partial charge in [-0.3, -0.25) is 0 Å². The lowest BCUT2D eigenvalue weighted by molar-refractivity contribution is -0.137. The summed E-state index contributed by atoms with van der Waals surface area (Å²) in [7, 11) is 1.98. The molecule has 1 aliphatic carbocycles. The number of alkyl halides is 3. The largest absolute Gasteiger partial charge is 0.416 e. The average molecular weight is 256 g/mol. The normalized spacial score (nSPS) is 21.2. The SMILES string of the molecule is CN1c2ccc(C(F)(F)F)cc2NCC12CCC2. The highest BCUT2D eigenvalue weighted by molar-refractivity contribution is 5.74. The molecule has 1 N–H and O–H groups in total. The molecule has 2 aliphatic rings. The molecule has 3 rings (SSSR count). The fourth-order valence-corrected chi connectivity index (χ4v) is 2.88. The van der Waals surface area contributed by atoms with E-state index in [0.717, 1.165) is 31.1 Å². The summed E-state index contributed by atoms with van der Waals surface area (Å²) in [6, 6.07) is 3.94. The van der Waals surface area contributed by atoms with Crippen LogP contribution in [-0.2, 0) is 6.18 Å². The highest BCUT2D eigenvalue weighted by Crippen LogP contribution is 2.46. The van der Waals surface area contributed by atoms with E-state index in [2.05, 4.69) is 10.2 Å². The summed E-state index contributed by atoms with van der Waals surface area (Å²) in [4.78, 5) is 2.14. The lowest BCUT2D eigenvalue weighted by Gasteiger charge is -2.53. The van der Waals surface area contributed by atoms with Crippen LogP contribution >= 0.6 is 0 Å². The summed E-state index contributed by atoms with van der Waals surface area (Å²) in [5, 5.41) is 3.16. The molecule has 5 heteroatoms. The number of benzene rings is 1. The zero-order valence-corrected chi connectivity index (χ0v) is 10.1. The Hall–Kier alpha value is -1.39. The van der Waals surface area contributed by atoms with Gasteiger partial charge in [0.1, 0.15) is 0 Å². The van der Waals surface area contributed by atoms with E-state index < -0.39 is 11.7 Å². The van der Waals surface area contributed by atoms with Crippen LogP contribution in [0.15, 0.2) is 18.2 Å². The van der Waals surface area contributed by atoms with Crippen molar-refractivity contribution in [2.24, 2.45) is 0 Å². The van der Waals surface area contributed by atoms with Crippen LogP contribution in [0.4, 0.5) is 24.5 Å². The molecule has 1 fully saturated rings. The Balaban J connectivity index is 1.98. The van der Waals surface area contributed by atoms with Crippen molar-refractivity contribution in [2.75, 3.05) is 23.8 Å². The second-order valence-corrected chi connectivity index (χ2v) is 5.22. The van der Waals surface area contributed by atoms with Crippen LogP contribution in [-0.4, -0.2) is 19.1 Å². The summed E-state index contributed by atoms with van der Waals surface area (Å²) in [6.07, 6.45) is -0.864. The molecule has 0 saturated heterocycles. The predicted octanol–water partition coefficient (Wildman–Crippen LogP) is 3.49. The van der Waals surface area contributed by atoms with Gasteiger partial charge in [-0.2, -0.15) is 13.2 Å². The monoisotopic (exact) mass is 256 g/mol. The molecule has 0 atom stereocenters. The van der Waals surface area contributed by atoms with Crippen LogP contribution in [0, 0.1) is 0 Å². The molecule has 0 radical (unpaired) electrons. The first kappa shape index (κ1) is 11.7. The number of hydrogen-bond acceptors (Lipinski definition) is 2. The van der Waals surface area contributed by atoms with Gasteiger partial charge in [-0.1, -0.05) is 0 Å². The quantitative estimate of drug-likeness (QED) is 0.764. The topological polar surface area (TPSA) is 15.3 Å². The van der Waals surface area contributed by atoms with E-state index >= 15 is 0 Å². The van der Waals surface area contributed by atoms with Crippen molar-refractivity contribution in [1.29, 1.82) is 0 Å². The maximum atomic E-state index is 12.6. The fraction of sp³-hybridized carbons (Fsp3) is 0.538. The van der Waals surface area contributed by atoms with E-state index in [1.807, 2.05) is 7.05 Å². The summed E-state index contributed by atoms with van der Waals surface area (Å²) in [5.74, 6) is 0. The number of anilines is 2. The molecule has 18 heavy (non-hydrogen) atoms. The molecule has 1 heterocycles. The van der Waals surface area contributed by atoms with E-state index in [1.165, 1.54) is 12.5 Å². The van der Waals surface area contributed by atoms with Crippen LogP contribution in [0.25, 0.3) is 0 Å². The smallest absolute Gasteiger partial charge is 0.381 e. The minimum absolute atomic E-state index is 0.118. The first-order valence-corrected chi connectivity index (χ1v) is 6.11. The van der Waals surface area contributed by atoms with E-state index in [4.69, 9.17) is 0 Å². The Bertz CT molecular complexity index is 478. The fourth-order valence-electron chi connectivity index (χ4n) is 2.88. The Morgan fingerprint density at radius 1 is 1.28 bits per heavy atom. The molecular weight excluding hydrogens is 241 g/mol. The van der Waals surface area contributed by atoms with Crippen LogP contribution in [0.2, 0.25) is 0 Å². The molecule has 1 aromatic rings. The first-order valence-electron chi connectivity index (χ1n) is 6.11. The number of fused-ring (bicyclic) bond motifs is 1. The van der Waals surface area contributed by atoms with Gasteiger partial charge in [0.25, 0.3) is 0 Å². The van der Waals surface area contributed by atoms with Crippen LogP contribution in [0.3, 0.4) is 0 Å². The Morgan fingerprint density at radius 2 is 2.00 bits per heavy atom. The molecule has 98 valence electrons. The molecule has 0 bridgehead atoms. The predicted molar refractivity (Wildman–Crippen MR) is 64.9 cm³/mol. The maximum absolute atomic E-state index is 12.6. The molecule has 0 aromatic heterocycles. The zero-order chi connectivity index (χ0) is 13.0. The van der Waals surface area contributed by atoms with Crippen LogP contribution in [0.1, 0.15) is 24.8 Å². The molecule has 1 aliphatic heterocycles. The molecule has 0 unspecified atom stereocenters. The average Bonchev–Trinajstić information content (AvgIpc) is 2.26. The molecule has 0 amide bonds. The highest BCUT2D eigenvalue weighted by Gasteiger charge is 2.44. The number of rotatable bonds is 0. The van der Waals surface area contributed by atoms with Gasteiger partial charge < -0.3 is 10.2 Å². The van der Waals surface area contributed by atoms with E-state index in [9.17, 15) is 13.2 Å². The summed E-state index contributed by atoms with van der Waals surface area (Å²) in [5.41, 5.74) is 0.984. The van der Waals surface area contributed by atoms with Crippen molar-refractivity contribution < 1.29 is 13.2 Å². The third kappa shape index (κ3) is 1.56. The van der Waals surface area contributed by atoms with Gasteiger partial charge in [0.05, 0.1) is 22.5 Å². The standard InChI is InChI=1S/C13H15F3N2/c1-18-11-4-3-9(13(14,15)16)7-10(11)17-8-12(18)5-2-6-12/h3-4,7,17H,2,5-6,8H2,1H3. The third-order valence-electron chi connectivity index (χ3n) is 4.29. The number of hydrogen-bond donors (Lipinski definition) is 1. The Kier molecular flexibility index (Phi) is 2.31. The van der Waals surface area contributed by atoms with Crippen LogP contribution in [0.5, 0.6) is 0 Å². The second-order valence-electron chi connectivity index (χ2n) is 5.22. The van der Waals surface area contributed by atoms with Crippen molar-refractivity contribution in [1.82, 2.24) is 0 Å². The van der Waals surface area contributed by atoms with Gasteiger partial charge in [0, 0.05) is 13.6 Å². The van der Waals surface area contributed by atoms with Crippen LogP contribution < -0.4 is 10.2 Å². The van der Waals surface area contributed by atoms with E-state index in [0.29, 0.717) is 5.69 Å². The zero-order valence-electron chi connectivity index (χ0n) is 10.1. The molecule has 2 nitrogen and oxygen atoms in total. The second kappa shape index (κ2) is 3.56. The van der Waals surface area contributed by atoms with E-state index in [1.54, 1.807) is 6.07 Å². The van der Waals surface area contributed by atoms with Crippen molar-refractivity contribution in [3.8, 4) is 0 Å². The van der Waals surface area contributed by atoms with Gasteiger partial charge in [-0.05, 0) is 37.5 Å². The number of halogens is 3. The lowest BCUT2D eigenvalue weighted by Crippen LogP contribution is -2.59. The lowest BCUT2D eigenvalue weighted by atomic mass is 9.74. The Labute approximate surface area is 104 Å². The summed E-state index contributed by atoms with van der Waals surface area (Å²) >= 11 is 0. The minimum atomic E-state index is -4.28. The van der Waals surface area contributed by atoms with E-state index in [-0.39, 0.29) is 5.54 Å². The highest BCUT2D eigenvalue weighted by atomic mass is 19.4. The molecule has 1 saturated carbocycles. The van der Waals surface area contributed by atoms with Crippen molar-refractivity contribution in [2.45, 2.75) is 31.0 Å². The van der Waals surface area contributed by atoms with Gasteiger partial charge in [-0.15, -0.1) is 0 Å². The van der Waals surface area contributed by atoms with Gasteiger partial charge in [-0.25, -0.2) is 0 Å². The molecule has 1 spiro atoms. The maximum Gasteiger partial charge on any atom is 0.416 e. The minimum Gasteiger partial charge on any atom is -0.381 e. The number of nitrogens with zero attached hydrogens (tertiary/aromatic N) is 1. The van der Waals surface area contributed by atoms with Gasteiger partial charge >= 0.3 is 6.18 Å². The third-order valence-corrected chi connectivity index (χ3v) is 4.29. The first-order chi connectivity index (χ1) is 8.42. The summed E-state index contributed by atoms with van der Waals surface area (Å²) in [6.45, 7) is 0.734. The van der Waals surface area contributed by atoms with Gasteiger partial charge in [0.2, 0.25) is 0 Å². The number of nitrogens with one attached hydrogen (secondary N) is 1. The number of likely N-dealkylation sites (N-methyl/N-ethyl adjacent to an activating group) is 1. The molecular formula is C13H15F3N2. The Morgan fingerprint density at radius 3 is 2.56 bits per heavy atom. The van der Waals surface area contributed by atoms with Crippen molar-refractivity contribution >= 4 is 11.4 Å². The summed E-state index contributed by atoms with van der Waals surface area (Å²) < 4.78 is 37.9.